The van der Waals surface area contributed by atoms with Crippen LogP contribution in [0.5, 0.6) is 17.2 Å². The van der Waals surface area contributed by atoms with Crippen molar-refractivity contribution in [3.8, 4) is 28.4 Å². The Morgan fingerprint density at radius 1 is 1.08 bits per heavy atom. The van der Waals surface area contributed by atoms with Crippen molar-refractivity contribution in [1.29, 1.82) is 0 Å². The molecule has 1 aliphatic heterocycles. The Morgan fingerprint density at radius 3 is 2.64 bits per heavy atom. The van der Waals surface area contributed by atoms with E-state index in [1.165, 1.54) is 6.26 Å². The SMILES string of the molecule is CS(=O)(=O)CCCOc1ccc2c(c1)OCOc1ccc(CBr)cc1-2. The van der Waals surface area contributed by atoms with Gasteiger partial charge in [-0.1, -0.05) is 22.0 Å². The minimum atomic E-state index is -2.96. The number of halogens is 1. The van der Waals surface area contributed by atoms with Gasteiger partial charge < -0.3 is 14.2 Å². The summed E-state index contributed by atoms with van der Waals surface area (Å²) >= 11 is 3.47. The van der Waals surface area contributed by atoms with Crippen LogP contribution in [0.25, 0.3) is 11.1 Å². The second-order valence-electron chi connectivity index (χ2n) is 5.86. The van der Waals surface area contributed by atoms with Crippen molar-refractivity contribution in [3.63, 3.8) is 0 Å². The first-order valence-electron chi connectivity index (χ1n) is 7.86. The molecule has 5 nitrogen and oxygen atoms in total. The molecule has 7 heteroatoms. The van der Waals surface area contributed by atoms with E-state index in [1.807, 2.05) is 30.3 Å². The van der Waals surface area contributed by atoms with Crippen LogP contribution in [0.1, 0.15) is 12.0 Å². The monoisotopic (exact) mass is 426 g/mol. The van der Waals surface area contributed by atoms with E-state index >= 15 is 0 Å². The first kappa shape index (κ1) is 18.1. The van der Waals surface area contributed by atoms with E-state index in [0.717, 1.165) is 27.8 Å². The predicted molar refractivity (Wildman–Crippen MR) is 100 cm³/mol. The van der Waals surface area contributed by atoms with Gasteiger partial charge in [-0.2, -0.15) is 0 Å². The Labute approximate surface area is 156 Å². The van der Waals surface area contributed by atoms with E-state index in [-0.39, 0.29) is 12.5 Å². The molecule has 0 fully saturated rings. The molecule has 2 aromatic carbocycles. The summed E-state index contributed by atoms with van der Waals surface area (Å²) in [4.78, 5) is 0. The van der Waals surface area contributed by atoms with Crippen LogP contribution in [0.15, 0.2) is 36.4 Å². The highest BCUT2D eigenvalue weighted by Gasteiger charge is 2.17. The zero-order valence-corrected chi connectivity index (χ0v) is 16.2. The van der Waals surface area contributed by atoms with E-state index in [0.29, 0.717) is 24.5 Å². The molecule has 0 aromatic heterocycles. The Bertz CT molecular complexity index is 864. The molecule has 25 heavy (non-hydrogen) atoms. The Balaban J connectivity index is 1.79. The largest absolute Gasteiger partial charge is 0.493 e. The summed E-state index contributed by atoms with van der Waals surface area (Å²) in [6.07, 6.45) is 1.68. The predicted octanol–water partition coefficient (Wildman–Crippen LogP) is 3.79. The van der Waals surface area contributed by atoms with E-state index in [1.54, 1.807) is 0 Å². The van der Waals surface area contributed by atoms with Gasteiger partial charge in [-0.05, 0) is 36.2 Å². The van der Waals surface area contributed by atoms with Crippen molar-refractivity contribution < 1.29 is 22.6 Å². The molecule has 0 saturated heterocycles. The first-order valence-corrected chi connectivity index (χ1v) is 11.0. The van der Waals surface area contributed by atoms with E-state index in [4.69, 9.17) is 14.2 Å². The van der Waals surface area contributed by atoms with Gasteiger partial charge >= 0.3 is 0 Å². The second kappa shape index (κ2) is 7.66. The minimum Gasteiger partial charge on any atom is -0.493 e. The molecule has 0 bridgehead atoms. The van der Waals surface area contributed by atoms with Gasteiger partial charge in [0.25, 0.3) is 0 Å². The van der Waals surface area contributed by atoms with Gasteiger partial charge in [0, 0.05) is 28.8 Å². The van der Waals surface area contributed by atoms with Crippen LogP contribution >= 0.6 is 15.9 Å². The van der Waals surface area contributed by atoms with Gasteiger partial charge in [-0.25, -0.2) is 8.42 Å². The summed E-state index contributed by atoms with van der Waals surface area (Å²) in [7, 11) is -2.96. The lowest BCUT2D eigenvalue weighted by Gasteiger charge is -2.11. The minimum absolute atomic E-state index is 0.116. The number of rotatable bonds is 6. The number of ether oxygens (including phenoxy) is 3. The fourth-order valence-electron chi connectivity index (χ4n) is 2.60. The molecule has 134 valence electrons. The molecule has 0 radical (unpaired) electrons. The molecule has 0 aliphatic carbocycles. The van der Waals surface area contributed by atoms with Crippen LogP contribution in [-0.2, 0) is 15.2 Å². The molecule has 0 N–H and O–H groups in total. The van der Waals surface area contributed by atoms with Gasteiger partial charge in [0.05, 0.1) is 12.4 Å². The Kier molecular flexibility index (Phi) is 5.54. The van der Waals surface area contributed by atoms with Crippen LogP contribution in [0.3, 0.4) is 0 Å². The lowest BCUT2D eigenvalue weighted by molar-refractivity contribution is 0.124. The summed E-state index contributed by atoms with van der Waals surface area (Å²) < 4.78 is 39.3. The maximum Gasteiger partial charge on any atom is 0.230 e. The van der Waals surface area contributed by atoms with Gasteiger partial charge in [0.2, 0.25) is 6.79 Å². The van der Waals surface area contributed by atoms with Crippen LogP contribution in [0.4, 0.5) is 0 Å². The molecular weight excluding hydrogens is 408 g/mol. The van der Waals surface area contributed by atoms with E-state index in [2.05, 4.69) is 22.0 Å². The second-order valence-corrected chi connectivity index (χ2v) is 8.68. The van der Waals surface area contributed by atoms with Crippen LogP contribution < -0.4 is 14.2 Å². The normalized spacial score (nSPS) is 13.0. The fourth-order valence-corrected chi connectivity index (χ4v) is 3.59. The highest BCUT2D eigenvalue weighted by molar-refractivity contribution is 9.08. The van der Waals surface area contributed by atoms with E-state index in [9.17, 15) is 8.42 Å². The van der Waals surface area contributed by atoms with Crippen molar-refractivity contribution in [2.75, 3.05) is 25.4 Å². The summed E-state index contributed by atoms with van der Waals surface area (Å²) in [5.74, 6) is 2.23. The molecule has 0 atom stereocenters. The Hall–Kier alpha value is -1.73. The lowest BCUT2D eigenvalue weighted by Crippen LogP contribution is -2.08. The number of benzene rings is 2. The molecule has 0 amide bonds. The third-order valence-corrected chi connectivity index (χ3v) is 5.48. The molecule has 0 saturated carbocycles. The van der Waals surface area contributed by atoms with Crippen LogP contribution in [-0.4, -0.2) is 33.8 Å². The number of alkyl halides is 1. The average Bonchev–Trinajstić information content (AvgIpc) is 2.76. The highest BCUT2D eigenvalue weighted by Crippen LogP contribution is 2.41. The summed E-state index contributed by atoms with van der Waals surface area (Å²) in [6.45, 7) is 0.470. The van der Waals surface area contributed by atoms with Gasteiger partial charge in [0.15, 0.2) is 0 Å². The summed E-state index contributed by atoms with van der Waals surface area (Å²) in [5, 5.41) is 0.762. The molecule has 1 heterocycles. The lowest BCUT2D eigenvalue weighted by atomic mass is 10.0. The average molecular weight is 427 g/mol. The zero-order chi connectivity index (χ0) is 17.9. The standard InChI is InChI=1S/C18H19BrO5S/c1-25(20,21)8-2-7-22-14-4-5-15-16-9-13(11-19)3-6-17(16)23-12-24-18(15)10-14/h3-6,9-10H,2,7-8,11-12H2,1H3. The maximum atomic E-state index is 11.1. The number of hydrogen-bond acceptors (Lipinski definition) is 5. The Morgan fingerprint density at radius 2 is 1.88 bits per heavy atom. The quantitative estimate of drug-likeness (QED) is 0.519. The van der Waals surface area contributed by atoms with Gasteiger partial charge in [-0.15, -0.1) is 0 Å². The topological polar surface area (TPSA) is 61.8 Å². The number of hydrogen-bond donors (Lipinski definition) is 0. The molecule has 0 unspecified atom stereocenters. The molecule has 2 aromatic rings. The molecule has 1 aliphatic rings. The maximum absolute atomic E-state index is 11.1. The molecule has 0 spiro atoms. The van der Waals surface area contributed by atoms with Crippen molar-refractivity contribution >= 4 is 25.8 Å². The van der Waals surface area contributed by atoms with Gasteiger partial charge in [0.1, 0.15) is 27.1 Å². The highest BCUT2D eigenvalue weighted by atomic mass is 79.9. The summed E-state index contributed by atoms with van der Waals surface area (Å²) in [6, 6.07) is 11.6. The van der Waals surface area contributed by atoms with Crippen molar-refractivity contribution in [3.05, 3.63) is 42.0 Å². The molecular formula is C18H19BrO5S. The zero-order valence-electron chi connectivity index (χ0n) is 13.8. The van der Waals surface area contributed by atoms with E-state index < -0.39 is 9.84 Å². The third kappa shape index (κ3) is 4.67. The fraction of sp³-hybridized carbons (Fsp3) is 0.333. The summed E-state index contributed by atoms with van der Waals surface area (Å²) in [5.41, 5.74) is 3.07. The van der Waals surface area contributed by atoms with Crippen molar-refractivity contribution in [2.24, 2.45) is 0 Å². The number of sulfone groups is 1. The molecule has 3 rings (SSSR count). The van der Waals surface area contributed by atoms with Crippen LogP contribution in [0, 0.1) is 0 Å². The van der Waals surface area contributed by atoms with Crippen LogP contribution in [0.2, 0.25) is 0 Å². The smallest absolute Gasteiger partial charge is 0.230 e. The number of fused-ring (bicyclic) bond motifs is 3. The third-order valence-electron chi connectivity index (χ3n) is 3.80. The van der Waals surface area contributed by atoms with Gasteiger partial charge in [-0.3, -0.25) is 0 Å². The first-order chi connectivity index (χ1) is 12.0. The van der Waals surface area contributed by atoms with Crippen molar-refractivity contribution in [1.82, 2.24) is 0 Å². The van der Waals surface area contributed by atoms with Crippen molar-refractivity contribution in [2.45, 2.75) is 11.8 Å².